The van der Waals surface area contributed by atoms with Crippen molar-refractivity contribution in [1.82, 2.24) is 0 Å². The van der Waals surface area contributed by atoms with E-state index in [0.717, 1.165) is 34.0 Å². The van der Waals surface area contributed by atoms with Crippen LogP contribution in [0.1, 0.15) is 0 Å². The van der Waals surface area contributed by atoms with Crippen molar-refractivity contribution < 1.29 is 4.74 Å². The SMILES string of the molecule is c1ccc(-c2c3c(cc4ccccc24)B2c4cc5ccccc5c(-c5ccccc5)c4N(c4ccccc4)c4cccc(c42)O3)cc1. The topological polar surface area (TPSA) is 12.5 Å². The van der Waals surface area contributed by atoms with E-state index in [1.807, 2.05) is 0 Å². The molecular weight excluding hydrogens is 569 g/mol. The molecule has 0 unspecified atom stereocenters. The van der Waals surface area contributed by atoms with E-state index >= 15 is 0 Å². The number of hydrogen-bond acceptors (Lipinski definition) is 2. The monoisotopic (exact) mass is 597 g/mol. The maximum atomic E-state index is 7.09. The van der Waals surface area contributed by atoms with Gasteiger partial charge in [-0.25, -0.2) is 0 Å². The van der Waals surface area contributed by atoms with Gasteiger partial charge in [0, 0.05) is 28.2 Å². The van der Waals surface area contributed by atoms with E-state index in [9.17, 15) is 0 Å². The summed E-state index contributed by atoms with van der Waals surface area (Å²) < 4.78 is 7.09. The predicted octanol–water partition coefficient (Wildman–Crippen LogP) is 9.73. The Morgan fingerprint density at radius 3 is 1.70 bits per heavy atom. The summed E-state index contributed by atoms with van der Waals surface area (Å²) in [6, 6.07) is 61.3. The Kier molecular flexibility index (Phi) is 5.70. The van der Waals surface area contributed by atoms with Crippen LogP contribution in [0.25, 0.3) is 43.8 Å². The molecule has 0 amide bonds. The molecule has 2 aliphatic heterocycles. The van der Waals surface area contributed by atoms with Gasteiger partial charge in [-0.3, -0.25) is 0 Å². The molecule has 2 nitrogen and oxygen atoms in total. The molecule has 0 aliphatic carbocycles. The molecule has 3 heteroatoms. The van der Waals surface area contributed by atoms with Crippen LogP contribution in [0.15, 0.2) is 170 Å². The molecule has 47 heavy (non-hydrogen) atoms. The minimum Gasteiger partial charge on any atom is -0.458 e. The Morgan fingerprint density at radius 2 is 1.02 bits per heavy atom. The number of rotatable bonds is 3. The van der Waals surface area contributed by atoms with Crippen LogP contribution in [0.4, 0.5) is 17.1 Å². The van der Waals surface area contributed by atoms with Crippen molar-refractivity contribution in [3.8, 4) is 33.8 Å². The van der Waals surface area contributed by atoms with Gasteiger partial charge in [-0.1, -0.05) is 146 Å². The third kappa shape index (κ3) is 3.87. The highest BCUT2D eigenvalue weighted by Crippen LogP contribution is 2.48. The molecule has 10 rings (SSSR count). The van der Waals surface area contributed by atoms with Crippen molar-refractivity contribution in [2.45, 2.75) is 0 Å². The standard InChI is InChI=1S/C44H28BNO/c1-4-15-29(16-5-1)40-34-23-12-10-19-31(34)27-36-43(40)46(33-21-8-3-9-22-33)38-25-14-26-39-42(38)45(36)37-28-32-20-11-13-24-35(32)41(44(37)47-39)30-17-6-2-7-18-30/h1-28H. The summed E-state index contributed by atoms with van der Waals surface area (Å²) >= 11 is 0. The van der Waals surface area contributed by atoms with Crippen LogP contribution >= 0.6 is 0 Å². The van der Waals surface area contributed by atoms with Gasteiger partial charge in [0.1, 0.15) is 11.5 Å². The van der Waals surface area contributed by atoms with Gasteiger partial charge < -0.3 is 9.64 Å². The van der Waals surface area contributed by atoms with Crippen molar-refractivity contribution >= 4 is 61.7 Å². The fourth-order valence-electron chi connectivity index (χ4n) is 7.94. The first-order chi connectivity index (χ1) is 23.3. The molecule has 0 spiro atoms. The van der Waals surface area contributed by atoms with Gasteiger partial charge in [0.05, 0.1) is 0 Å². The summed E-state index contributed by atoms with van der Waals surface area (Å²) in [6.45, 7) is -0.0287. The first kappa shape index (κ1) is 26.2. The van der Waals surface area contributed by atoms with Crippen LogP contribution in [-0.4, -0.2) is 6.71 Å². The molecule has 8 aromatic carbocycles. The highest BCUT2D eigenvalue weighted by molar-refractivity contribution is 6.99. The van der Waals surface area contributed by atoms with Crippen molar-refractivity contribution in [1.29, 1.82) is 0 Å². The van der Waals surface area contributed by atoms with E-state index < -0.39 is 0 Å². The molecule has 2 aliphatic rings. The molecule has 0 atom stereocenters. The normalized spacial score (nSPS) is 12.8. The molecule has 2 heterocycles. The Balaban J connectivity index is 1.39. The molecule has 0 fully saturated rings. The van der Waals surface area contributed by atoms with Crippen LogP contribution < -0.4 is 26.0 Å². The van der Waals surface area contributed by atoms with Gasteiger partial charge >= 0.3 is 0 Å². The zero-order chi connectivity index (χ0) is 30.9. The predicted molar refractivity (Wildman–Crippen MR) is 198 cm³/mol. The van der Waals surface area contributed by atoms with Gasteiger partial charge in [-0.15, -0.1) is 0 Å². The Morgan fingerprint density at radius 1 is 0.468 bits per heavy atom. The summed E-state index contributed by atoms with van der Waals surface area (Å²) in [6.07, 6.45) is 0. The summed E-state index contributed by atoms with van der Waals surface area (Å²) in [5.41, 5.74) is 11.9. The van der Waals surface area contributed by atoms with E-state index in [1.165, 1.54) is 54.7 Å². The maximum absolute atomic E-state index is 7.09. The van der Waals surface area contributed by atoms with Gasteiger partial charge in [-0.2, -0.15) is 0 Å². The van der Waals surface area contributed by atoms with Crippen molar-refractivity contribution in [2.75, 3.05) is 4.90 Å². The quantitative estimate of drug-likeness (QED) is 0.188. The fourth-order valence-corrected chi connectivity index (χ4v) is 7.94. The molecular formula is C44H28BNO. The van der Waals surface area contributed by atoms with Crippen LogP contribution in [0.3, 0.4) is 0 Å². The molecule has 0 saturated heterocycles. The Labute approximate surface area is 274 Å². The van der Waals surface area contributed by atoms with Crippen molar-refractivity contribution in [2.24, 2.45) is 0 Å². The number of fused-ring (bicyclic) bond motifs is 6. The first-order valence-corrected chi connectivity index (χ1v) is 16.2. The second-order valence-electron chi connectivity index (χ2n) is 12.4. The molecule has 0 N–H and O–H groups in total. The van der Waals surface area contributed by atoms with Crippen LogP contribution in [-0.2, 0) is 0 Å². The number of ether oxygens (including phenoxy) is 1. The molecule has 0 radical (unpaired) electrons. The number of para-hydroxylation sites is 1. The summed E-state index contributed by atoms with van der Waals surface area (Å²) in [5, 5.41) is 4.89. The van der Waals surface area contributed by atoms with Crippen molar-refractivity contribution in [3.63, 3.8) is 0 Å². The smallest absolute Gasteiger partial charge is 0.256 e. The van der Waals surface area contributed by atoms with Crippen LogP contribution in [0.2, 0.25) is 0 Å². The first-order valence-electron chi connectivity index (χ1n) is 16.2. The van der Waals surface area contributed by atoms with E-state index in [2.05, 4.69) is 175 Å². The molecule has 0 saturated carbocycles. The van der Waals surface area contributed by atoms with Gasteiger partial charge in [-0.05, 0) is 73.3 Å². The zero-order valence-corrected chi connectivity index (χ0v) is 25.6. The highest BCUT2D eigenvalue weighted by atomic mass is 16.5. The third-order valence-corrected chi connectivity index (χ3v) is 9.85. The van der Waals surface area contributed by atoms with Crippen LogP contribution in [0.5, 0.6) is 11.5 Å². The second-order valence-corrected chi connectivity index (χ2v) is 12.4. The Bertz CT molecular complexity index is 2490. The molecule has 218 valence electrons. The molecule has 0 bridgehead atoms. The van der Waals surface area contributed by atoms with E-state index in [1.54, 1.807) is 0 Å². The minimum absolute atomic E-state index is 0.0287. The van der Waals surface area contributed by atoms with Crippen LogP contribution in [0, 0.1) is 0 Å². The highest BCUT2D eigenvalue weighted by Gasteiger charge is 2.44. The summed E-state index contributed by atoms with van der Waals surface area (Å²) in [4.78, 5) is 2.47. The maximum Gasteiger partial charge on any atom is 0.256 e. The molecule has 0 aromatic heterocycles. The van der Waals surface area contributed by atoms with E-state index in [-0.39, 0.29) is 6.71 Å². The van der Waals surface area contributed by atoms with Gasteiger partial charge in [0.25, 0.3) is 6.71 Å². The largest absolute Gasteiger partial charge is 0.458 e. The van der Waals surface area contributed by atoms with Gasteiger partial charge in [0.2, 0.25) is 0 Å². The lowest BCUT2D eigenvalue weighted by Gasteiger charge is -2.42. The second kappa shape index (κ2) is 10.2. The van der Waals surface area contributed by atoms with E-state index in [4.69, 9.17) is 4.74 Å². The minimum atomic E-state index is -0.0287. The lowest BCUT2D eigenvalue weighted by Crippen LogP contribution is -2.59. The lowest BCUT2D eigenvalue weighted by molar-refractivity contribution is 0.490. The summed E-state index contributed by atoms with van der Waals surface area (Å²) in [7, 11) is 0. The fraction of sp³-hybridized carbons (Fsp3) is 0. The lowest BCUT2D eigenvalue weighted by atomic mass is 9.33. The van der Waals surface area contributed by atoms with E-state index in [0.29, 0.717) is 0 Å². The van der Waals surface area contributed by atoms with Crippen molar-refractivity contribution in [3.05, 3.63) is 170 Å². The number of nitrogens with zero attached hydrogens (tertiary/aromatic N) is 1. The average Bonchev–Trinajstić information content (AvgIpc) is 3.14. The van der Waals surface area contributed by atoms with Gasteiger partial charge in [0.15, 0.2) is 0 Å². The Hall–Kier alpha value is -6.06. The average molecular weight is 598 g/mol. The number of hydrogen-bond donors (Lipinski definition) is 0. The third-order valence-electron chi connectivity index (χ3n) is 9.85. The zero-order valence-electron chi connectivity index (χ0n) is 25.6. The number of benzene rings is 8. The summed E-state index contributed by atoms with van der Waals surface area (Å²) in [5.74, 6) is 1.85. The number of anilines is 3. The molecule has 8 aromatic rings.